The predicted octanol–water partition coefficient (Wildman–Crippen LogP) is 3.43. The van der Waals surface area contributed by atoms with Crippen LogP contribution in [0.2, 0.25) is 5.02 Å². The first-order chi connectivity index (χ1) is 10.1. The molecule has 1 amide bonds. The molecule has 1 aromatic carbocycles. The van der Waals surface area contributed by atoms with E-state index in [4.69, 9.17) is 16.3 Å². The van der Waals surface area contributed by atoms with Crippen molar-refractivity contribution >= 4 is 29.0 Å². The van der Waals surface area contributed by atoms with E-state index in [9.17, 15) is 4.79 Å². The summed E-state index contributed by atoms with van der Waals surface area (Å²) < 4.78 is 5.20. The van der Waals surface area contributed by atoms with Gasteiger partial charge < -0.3 is 15.4 Å². The van der Waals surface area contributed by atoms with Crippen LogP contribution in [0, 0.1) is 0 Å². The average Bonchev–Trinajstić information content (AvgIpc) is 2.48. The van der Waals surface area contributed by atoms with E-state index in [1.807, 2.05) is 6.92 Å². The lowest BCUT2D eigenvalue weighted by atomic mass is 10.2. The molecule has 0 fully saturated rings. The Labute approximate surface area is 128 Å². The second-order valence-electron chi connectivity index (χ2n) is 4.26. The third-order valence-corrected chi connectivity index (χ3v) is 3.02. The van der Waals surface area contributed by atoms with Gasteiger partial charge in [-0.2, -0.15) is 0 Å². The Bertz CT molecular complexity index is 647. The highest BCUT2D eigenvalue weighted by Gasteiger charge is 2.11. The molecule has 1 aromatic heterocycles. The smallest absolute Gasteiger partial charge is 0.255 e. The number of pyridine rings is 1. The third-order valence-electron chi connectivity index (χ3n) is 2.79. The lowest BCUT2D eigenvalue weighted by Crippen LogP contribution is -2.13. The number of ether oxygens (including phenoxy) is 1. The number of amides is 1. The Hall–Kier alpha value is -2.27. The molecule has 2 rings (SSSR count). The predicted molar refractivity (Wildman–Crippen MR) is 84.4 cm³/mol. The molecular weight excluding hydrogens is 290 g/mol. The van der Waals surface area contributed by atoms with E-state index in [0.717, 1.165) is 6.54 Å². The van der Waals surface area contributed by atoms with Gasteiger partial charge in [0, 0.05) is 23.3 Å². The van der Waals surface area contributed by atoms with Gasteiger partial charge in [-0.1, -0.05) is 11.6 Å². The molecule has 0 saturated carbocycles. The van der Waals surface area contributed by atoms with Crippen molar-refractivity contribution in [2.45, 2.75) is 6.92 Å². The number of nitrogens with one attached hydrogen (secondary N) is 2. The fourth-order valence-electron chi connectivity index (χ4n) is 1.82. The molecule has 2 N–H and O–H groups in total. The van der Waals surface area contributed by atoms with Crippen LogP contribution >= 0.6 is 11.6 Å². The molecule has 0 aliphatic rings. The van der Waals surface area contributed by atoms with Crippen LogP contribution in [-0.2, 0) is 0 Å². The van der Waals surface area contributed by atoms with Gasteiger partial charge in [-0.25, -0.2) is 4.98 Å². The van der Waals surface area contributed by atoms with Gasteiger partial charge in [-0.05, 0) is 37.3 Å². The highest BCUT2D eigenvalue weighted by atomic mass is 35.5. The van der Waals surface area contributed by atoms with Crippen LogP contribution in [0.5, 0.6) is 5.75 Å². The summed E-state index contributed by atoms with van der Waals surface area (Å²) in [6.07, 6.45) is 1.59. The van der Waals surface area contributed by atoms with E-state index in [-0.39, 0.29) is 5.91 Å². The first-order valence-electron chi connectivity index (χ1n) is 6.49. The Morgan fingerprint density at radius 2 is 2.14 bits per heavy atom. The lowest BCUT2D eigenvalue weighted by Gasteiger charge is -2.11. The standard InChI is InChI=1S/C15H16ClN3O2/c1-3-17-14-8-10(6-7-18-14)15(20)19-12-9-11(16)4-5-13(12)21-2/h4-9H,3H2,1-2H3,(H,17,18)(H,19,20). The fraction of sp³-hybridized carbons (Fsp3) is 0.200. The van der Waals surface area contributed by atoms with Gasteiger partial charge in [0.05, 0.1) is 12.8 Å². The van der Waals surface area contributed by atoms with E-state index in [0.29, 0.717) is 27.8 Å². The quantitative estimate of drug-likeness (QED) is 0.888. The zero-order valence-electron chi connectivity index (χ0n) is 11.8. The number of hydrogen-bond donors (Lipinski definition) is 2. The van der Waals surface area contributed by atoms with Crippen molar-refractivity contribution in [2.75, 3.05) is 24.3 Å². The Kier molecular flexibility index (Phi) is 5.00. The van der Waals surface area contributed by atoms with Gasteiger partial charge in [-0.15, -0.1) is 0 Å². The van der Waals surface area contributed by atoms with Crippen molar-refractivity contribution in [3.63, 3.8) is 0 Å². The summed E-state index contributed by atoms with van der Waals surface area (Å²) in [5.41, 5.74) is 1.03. The van der Waals surface area contributed by atoms with Crippen molar-refractivity contribution in [3.05, 3.63) is 47.1 Å². The van der Waals surface area contributed by atoms with Crippen LogP contribution in [0.4, 0.5) is 11.5 Å². The molecule has 0 atom stereocenters. The molecule has 0 unspecified atom stereocenters. The molecule has 0 aliphatic heterocycles. The molecule has 1 heterocycles. The minimum atomic E-state index is -0.253. The molecule has 110 valence electrons. The molecule has 6 heteroatoms. The van der Waals surface area contributed by atoms with E-state index < -0.39 is 0 Å². The van der Waals surface area contributed by atoms with E-state index in [2.05, 4.69) is 15.6 Å². The van der Waals surface area contributed by atoms with Crippen molar-refractivity contribution in [1.82, 2.24) is 4.98 Å². The summed E-state index contributed by atoms with van der Waals surface area (Å²) in [6, 6.07) is 8.38. The van der Waals surface area contributed by atoms with Crippen molar-refractivity contribution in [3.8, 4) is 5.75 Å². The van der Waals surface area contributed by atoms with Crippen molar-refractivity contribution < 1.29 is 9.53 Å². The number of nitrogens with zero attached hydrogens (tertiary/aromatic N) is 1. The molecule has 0 bridgehead atoms. The fourth-order valence-corrected chi connectivity index (χ4v) is 1.99. The molecule has 21 heavy (non-hydrogen) atoms. The van der Waals surface area contributed by atoms with E-state index in [1.54, 1.807) is 36.5 Å². The number of rotatable bonds is 5. The minimum absolute atomic E-state index is 0.253. The monoisotopic (exact) mass is 305 g/mol. The van der Waals surface area contributed by atoms with E-state index in [1.165, 1.54) is 7.11 Å². The number of carbonyl (C=O) groups is 1. The lowest BCUT2D eigenvalue weighted by molar-refractivity contribution is 0.102. The van der Waals surface area contributed by atoms with Crippen LogP contribution in [0.15, 0.2) is 36.5 Å². The number of carbonyl (C=O) groups excluding carboxylic acids is 1. The number of methoxy groups -OCH3 is 1. The SMILES string of the molecule is CCNc1cc(C(=O)Nc2cc(Cl)ccc2OC)ccn1. The van der Waals surface area contributed by atoms with Crippen LogP contribution in [0.3, 0.4) is 0 Å². The van der Waals surface area contributed by atoms with Gasteiger partial charge in [0.1, 0.15) is 11.6 Å². The number of hydrogen-bond acceptors (Lipinski definition) is 4. The topological polar surface area (TPSA) is 63.2 Å². The van der Waals surface area contributed by atoms with Crippen molar-refractivity contribution in [1.29, 1.82) is 0 Å². The molecule has 0 radical (unpaired) electrons. The van der Waals surface area contributed by atoms with E-state index >= 15 is 0 Å². The van der Waals surface area contributed by atoms with Crippen LogP contribution in [-0.4, -0.2) is 24.5 Å². The third kappa shape index (κ3) is 3.86. The molecule has 2 aromatic rings. The average molecular weight is 306 g/mol. The Balaban J connectivity index is 2.21. The summed E-state index contributed by atoms with van der Waals surface area (Å²) in [7, 11) is 1.54. The maximum absolute atomic E-state index is 12.3. The van der Waals surface area contributed by atoms with Crippen molar-refractivity contribution in [2.24, 2.45) is 0 Å². The molecule has 0 saturated heterocycles. The second kappa shape index (κ2) is 6.95. The first kappa shape index (κ1) is 15.1. The van der Waals surface area contributed by atoms with Crippen LogP contribution in [0.1, 0.15) is 17.3 Å². The Morgan fingerprint density at radius 1 is 1.33 bits per heavy atom. The highest BCUT2D eigenvalue weighted by molar-refractivity contribution is 6.31. The minimum Gasteiger partial charge on any atom is -0.495 e. The number of benzene rings is 1. The largest absolute Gasteiger partial charge is 0.495 e. The van der Waals surface area contributed by atoms with Crippen LogP contribution in [0.25, 0.3) is 0 Å². The maximum Gasteiger partial charge on any atom is 0.255 e. The Morgan fingerprint density at radius 3 is 2.86 bits per heavy atom. The van der Waals surface area contributed by atoms with Gasteiger partial charge in [-0.3, -0.25) is 4.79 Å². The molecular formula is C15H16ClN3O2. The second-order valence-corrected chi connectivity index (χ2v) is 4.70. The highest BCUT2D eigenvalue weighted by Crippen LogP contribution is 2.28. The summed E-state index contributed by atoms with van der Waals surface area (Å²) in [4.78, 5) is 16.4. The summed E-state index contributed by atoms with van der Waals surface area (Å²) in [6.45, 7) is 2.70. The first-order valence-corrected chi connectivity index (χ1v) is 6.86. The normalized spacial score (nSPS) is 10.0. The molecule has 0 aliphatic carbocycles. The summed E-state index contributed by atoms with van der Waals surface area (Å²) >= 11 is 5.94. The number of halogens is 1. The zero-order chi connectivity index (χ0) is 15.2. The van der Waals surface area contributed by atoms with Gasteiger partial charge >= 0.3 is 0 Å². The van der Waals surface area contributed by atoms with Gasteiger partial charge in [0.25, 0.3) is 5.91 Å². The summed E-state index contributed by atoms with van der Waals surface area (Å²) in [5.74, 6) is 0.953. The molecule has 0 spiro atoms. The molecule has 5 nitrogen and oxygen atoms in total. The number of anilines is 2. The summed E-state index contributed by atoms with van der Waals surface area (Å²) in [5, 5.41) is 6.37. The number of aromatic nitrogens is 1. The zero-order valence-corrected chi connectivity index (χ0v) is 12.6. The maximum atomic E-state index is 12.3. The van der Waals surface area contributed by atoms with Gasteiger partial charge in [0.2, 0.25) is 0 Å². The van der Waals surface area contributed by atoms with Crippen LogP contribution < -0.4 is 15.4 Å². The van der Waals surface area contributed by atoms with Gasteiger partial charge in [0.15, 0.2) is 0 Å².